The summed E-state index contributed by atoms with van der Waals surface area (Å²) >= 11 is 0. The molecule has 2 aromatic carbocycles. The Kier molecular flexibility index (Phi) is 5.24. The van der Waals surface area contributed by atoms with Crippen LogP contribution in [0, 0.1) is 5.92 Å². The smallest absolute Gasteiger partial charge is 0.231 e. The number of hydrogen-bond acceptors (Lipinski definition) is 7. The number of methoxy groups -OCH3 is 3. The van der Waals surface area contributed by atoms with Crippen LogP contribution in [0.4, 0.5) is 0 Å². The maximum Gasteiger partial charge on any atom is 0.231 e. The van der Waals surface area contributed by atoms with Crippen molar-refractivity contribution >= 4 is 0 Å². The number of likely N-dealkylation sites (tertiary alicyclic amines) is 1. The van der Waals surface area contributed by atoms with Gasteiger partial charge in [-0.3, -0.25) is 4.90 Å². The van der Waals surface area contributed by atoms with Crippen LogP contribution in [0.5, 0.6) is 34.5 Å². The second-order valence-electron chi connectivity index (χ2n) is 8.82. The molecule has 7 heteroatoms. The van der Waals surface area contributed by atoms with Crippen molar-refractivity contribution in [2.45, 2.75) is 38.3 Å². The van der Waals surface area contributed by atoms with Crippen LogP contribution in [0.2, 0.25) is 0 Å². The number of hydrogen-bond donors (Lipinski definition) is 0. The number of nitrogens with zero attached hydrogens (tertiary/aromatic N) is 1. The van der Waals surface area contributed by atoms with E-state index in [1.54, 1.807) is 21.3 Å². The van der Waals surface area contributed by atoms with Crippen LogP contribution in [0.1, 0.15) is 43.7 Å². The summed E-state index contributed by atoms with van der Waals surface area (Å²) in [6.07, 6.45) is 2.38. The molecule has 1 fully saturated rings. The maximum absolute atomic E-state index is 6.75. The predicted molar refractivity (Wildman–Crippen MR) is 120 cm³/mol. The Balaban J connectivity index is 1.70. The number of fused-ring (bicyclic) bond motifs is 2. The van der Waals surface area contributed by atoms with Crippen LogP contribution in [0.3, 0.4) is 0 Å². The lowest BCUT2D eigenvalue weighted by atomic mass is 9.73. The first-order valence-corrected chi connectivity index (χ1v) is 11.2. The van der Waals surface area contributed by atoms with Crippen molar-refractivity contribution in [1.29, 1.82) is 0 Å². The number of rotatable bonds is 5. The molecule has 0 aliphatic carbocycles. The summed E-state index contributed by atoms with van der Waals surface area (Å²) in [6, 6.07) is 8.13. The molecule has 1 saturated heterocycles. The lowest BCUT2D eigenvalue weighted by molar-refractivity contribution is -0.114. The fourth-order valence-electron chi connectivity index (χ4n) is 5.43. The summed E-state index contributed by atoms with van der Waals surface area (Å²) in [5, 5.41) is 0. The summed E-state index contributed by atoms with van der Waals surface area (Å²) in [5.41, 5.74) is 1.70. The molecule has 0 radical (unpaired) electrons. The van der Waals surface area contributed by atoms with Crippen LogP contribution in [0.15, 0.2) is 24.3 Å². The zero-order valence-electron chi connectivity index (χ0n) is 19.4. The fourth-order valence-corrected chi connectivity index (χ4v) is 5.43. The molecule has 3 heterocycles. The lowest BCUT2D eigenvalue weighted by Gasteiger charge is -2.50. The monoisotopic (exact) mass is 441 g/mol. The van der Waals surface area contributed by atoms with Crippen LogP contribution < -0.4 is 28.4 Å². The van der Waals surface area contributed by atoms with Gasteiger partial charge < -0.3 is 28.4 Å². The van der Waals surface area contributed by atoms with E-state index in [2.05, 4.69) is 24.8 Å². The molecule has 0 N–H and O–H groups in total. The maximum atomic E-state index is 6.75. The van der Waals surface area contributed by atoms with E-state index in [0.717, 1.165) is 41.5 Å². The van der Waals surface area contributed by atoms with Gasteiger partial charge in [0, 0.05) is 36.6 Å². The lowest BCUT2D eigenvalue weighted by Crippen LogP contribution is -2.57. The Hall–Kier alpha value is -2.80. The highest BCUT2D eigenvalue weighted by Gasteiger charge is 2.50. The minimum atomic E-state index is -0.456. The van der Waals surface area contributed by atoms with Gasteiger partial charge in [-0.25, -0.2) is 0 Å². The van der Waals surface area contributed by atoms with Gasteiger partial charge in [0.25, 0.3) is 0 Å². The van der Waals surface area contributed by atoms with E-state index >= 15 is 0 Å². The molecule has 7 nitrogen and oxygen atoms in total. The Morgan fingerprint density at radius 1 is 0.875 bits per heavy atom. The Labute approximate surface area is 189 Å². The van der Waals surface area contributed by atoms with Crippen molar-refractivity contribution < 1.29 is 28.4 Å². The van der Waals surface area contributed by atoms with E-state index in [9.17, 15) is 0 Å². The molecule has 0 aromatic heterocycles. The van der Waals surface area contributed by atoms with Gasteiger partial charge in [0.05, 0.1) is 21.3 Å². The fraction of sp³-hybridized carbons (Fsp3) is 0.520. The van der Waals surface area contributed by atoms with Crippen molar-refractivity contribution in [2.24, 2.45) is 5.92 Å². The third-order valence-electron chi connectivity index (χ3n) is 7.28. The molecule has 172 valence electrons. The second kappa shape index (κ2) is 7.96. The number of ether oxygens (including phenoxy) is 6. The van der Waals surface area contributed by atoms with Gasteiger partial charge in [-0.15, -0.1) is 0 Å². The topological polar surface area (TPSA) is 58.6 Å². The summed E-state index contributed by atoms with van der Waals surface area (Å²) in [7, 11) is 4.92. The quantitative estimate of drug-likeness (QED) is 0.681. The molecule has 5 rings (SSSR count). The standard InChI is InChI=1S/C25H31NO6/c1-15-23(16-10-21(27-3)24(29-5)22(11-16)28-4)17-12-19-20(31-14-30-19)13-18(17)32-25(15,2)26-8-6-7-9-26/h10-13,15,23H,6-9,14H2,1-5H3. The largest absolute Gasteiger partial charge is 0.493 e. The molecule has 3 aliphatic heterocycles. The molecule has 32 heavy (non-hydrogen) atoms. The van der Waals surface area contributed by atoms with Gasteiger partial charge in [0.1, 0.15) is 5.75 Å². The first-order chi connectivity index (χ1) is 15.5. The van der Waals surface area contributed by atoms with E-state index < -0.39 is 5.72 Å². The minimum absolute atomic E-state index is 0.0348. The normalized spacial score (nSPS) is 26.4. The molecule has 3 unspecified atom stereocenters. The molecule has 2 aromatic rings. The third kappa shape index (κ3) is 3.13. The van der Waals surface area contributed by atoms with E-state index in [1.807, 2.05) is 18.2 Å². The van der Waals surface area contributed by atoms with Gasteiger partial charge in [0.15, 0.2) is 28.7 Å². The predicted octanol–water partition coefficient (Wildman–Crippen LogP) is 4.41. The zero-order chi connectivity index (χ0) is 22.5. The zero-order valence-corrected chi connectivity index (χ0v) is 19.4. The first-order valence-electron chi connectivity index (χ1n) is 11.2. The van der Waals surface area contributed by atoms with Gasteiger partial charge in [-0.2, -0.15) is 0 Å². The highest BCUT2D eigenvalue weighted by Crippen LogP contribution is 2.54. The van der Waals surface area contributed by atoms with E-state index in [-0.39, 0.29) is 18.6 Å². The van der Waals surface area contributed by atoms with Gasteiger partial charge in [-0.05, 0) is 43.5 Å². The minimum Gasteiger partial charge on any atom is -0.493 e. The molecular weight excluding hydrogens is 410 g/mol. The van der Waals surface area contributed by atoms with Crippen molar-refractivity contribution in [1.82, 2.24) is 4.90 Å². The van der Waals surface area contributed by atoms with Crippen LogP contribution >= 0.6 is 0 Å². The second-order valence-corrected chi connectivity index (χ2v) is 8.82. The average molecular weight is 442 g/mol. The highest BCUT2D eigenvalue weighted by atomic mass is 16.7. The van der Waals surface area contributed by atoms with Gasteiger partial charge in [-0.1, -0.05) is 6.92 Å². The van der Waals surface area contributed by atoms with E-state index in [0.29, 0.717) is 17.2 Å². The average Bonchev–Trinajstić information content (AvgIpc) is 3.50. The summed E-state index contributed by atoms with van der Waals surface area (Å²) in [6.45, 7) is 6.76. The summed E-state index contributed by atoms with van der Waals surface area (Å²) in [5.74, 6) is 4.37. The van der Waals surface area contributed by atoms with Crippen molar-refractivity contribution in [3.05, 3.63) is 35.4 Å². The van der Waals surface area contributed by atoms with Gasteiger partial charge >= 0.3 is 0 Å². The van der Waals surface area contributed by atoms with Crippen molar-refractivity contribution in [2.75, 3.05) is 41.2 Å². The van der Waals surface area contributed by atoms with Crippen molar-refractivity contribution in [3.63, 3.8) is 0 Å². The Bertz CT molecular complexity index is 993. The Morgan fingerprint density at radius 3 is 2.09 bits per heavy atom. The SMILES string of the molecule is COc1cc(C2c3cc4c(cc3OC(C)(N3CCCC3)C2C)OCO4)cc(OC)c1OC. The molecule has 0 amide bonds. The van der Waals surface area contributed by atoms with Gasteiger partial charge in [0.2, 0.25) is 12.5 Å². The summed E-state index contributed by atoms with van der Waals surface area (Å²) in [4.78, 5) is 2.47. The molecule has 0 spiro atoms. The van der Waals surface area contributed by atoms with Crippen LogP contribution in [0.25, 0.3) is 0 Å². The number of benzene rings is 2. The van der Waals surface area contributed by atoms with Crippen molar-refractivity contribution in [3.8, 4) is 34.5 Å². The molecule has 0 bridgehead atoms. The molecule has 0 saturated carbocycles. The van der Waals surface area contributed by atoms with E-state index in [4.69, 9.17) is 28.4 Å². The molecule has 3 aliphatic rings. The first kappa shape index (κ1) is 21.1. The molecule has 3 atom stereocenters. The highest BCUT2D eigenvalue weighted by molar-refractivity contribution is 5.60. The van der Waals surface area contributed by atoms with Crippen LogP contribution in [-0.4, -0.2) is 51.8 Å². The molecular formula is C25H31NO6. The summed E-state index contributed by atoms with van der Waals surface area (Å²) < 4.78 is 35.0. The van der Waals surface area contributed by atoms with E-state index in [1.165, 1.54) is 12.8 Å². The Morgan fingerprint density at radius 2 is 1.50 bits per heavy atom. The third-order valence-corrected chi connectivity index (χ3v) is 7.28. The van der Waals surface area contributed by atoms with Crippen LogP contribution in [-0.2, 0) is 0 Å².